The Morgan fingerprint density at radius 2 is 2.24 bits per heavy atom. The molecule has 0 spiro atoms. The number of methoxy groups -OCH3 is 1. The second-order valence-electron chi connectivity index (χ2n) is 3.46. The highest BCUT2D eigenvalue weighted by molar-refractivity contribution is 5.57. The maximum atomic E-state index is 10.7. The van der Waals surface area contributed by atoms with E-state index in [1.165, 1.54) is 19.2 Å². The van der Waals surface area contributed by atoms with Crippen LogP contribution in [0.15, 0.2) is 12.1 Å². The zero-order valence-electron chi connectivity index (χ0n) is 9.29. The van der Waals surface area contributed by atoms with Crippen LogP contribution in [0.2, 0.25) is 0 Å². The number of ether oxygens (including phenoxy) is 1. The maximum absolute atomic E-state index is 10.7. The van der Waals surface area contributed by atoms with Crippen molar-refractivity contribution in [2.75, 3.05) is 20.3 Å². The van der Waals surface area contributed by atoms with Crippen molar-refractivity contribution >= 4 is 5.69 Å². The Hall–Kier alpha value is -1.86. The molecule has 0 heterocycles. The van der Waals surface area contributed by atoms with E-state index in [9.17, 15) is 15.2 Å². The number of nitrogens with zero attached hydrogens (tertiary/aromatic N) is 1. The van der Waals surface area contributed by atoms with Crippen LogP contribution in [0.4, 0.5) is 5.69 Å². The number of hydrogen-bond donors (Lipinski definition) is 3. The Morgan fingerprint density at radius 1 is 1.59 bits per heavy atom. The molecule has 7 heteroatoms. The molecule has 4 N–H and O–H groups in total. The van der Waals surface area contributed by atoms with Crippen molar-refractivity contribution < 1.29 is 19.9 Å². The first-order valence-electron chi connectivity index (χ1n) is 4.91. The largest absolute Gasteiger partial charge is 0.500 e. The number of aromatic hydroxyl groups is 1. The summed E-state index contributed by atoms with van der Waals surface area (Å²) in [6.07, 6.45) is 0. The van der Waals surface area contributed by atoms with Crippen LogP contribution in [-0.4, -0.2) is 35.4 Å². The van der Waals surface area contributed by atoms with Crippen LogP contribution in [-0.2, 0) is 0 Å². The Bertz CT molecular complexity index is 417. The lowest BCUT2D eigenvalue weighted by Gasteiger charge is -2.13. The average Bonchev–Trinajstić information content (AvgIpc) is 2.31. The number of nitro groups is 1. The molecule has 1 unspecified atom stereocenters. The summed E-state index contributed by atoms with van der Waals surface area (Å²) in [5.41, 5.74) is 5.43. The summed E-state index contributed by atoms with van der Waals surface area (Å²) in [5, 5.41) is 29.4. The van der Waals surface area contributed by atoms with Crippen LogP contribution in [0, 0.1) is 10.1 Å². The van der Waals surface area contributed by atoms with Gasteiger partial charge in [-0.2, -0.15) is 0 Å². The van der Waals surface area contributed by atoms with E-state index in [0.717, 1.165) is 0 Å². The highest BCUT2D eigenvalue weighted by Crippen LogP contribution is 2.38. The average molecular weight is 242 g/mol. The second-order valence-corrected chi connectivity index (χ2v) is 3.46. The number of phenols is 1. The van der Waals surface area contributed by atoms with Crippen LogP contribution in [0.25, 0.3) is 0 Å². The molecule has 1 aromatic rings. The minimum Gasteiger partial charge on any atom is -0.500 e. The van der Waals surface area contributed by atoms with Gasteiger partial charge in [0.05, 0.1) is 18.6 Å². The van der Waals surface area contributed by atoms with Crippen LogP contribution >= 0.6 is 0 Å². The van der Waals surface area contributed by atoms with E-state index in [1.54, 1.807) is 0 Å². The zero-order chi connectivity index (χ0) is 13.0. The van der Waals surface area contributed by atoms with E-state index in [0.29, 0.717) is 5.56 Å². The fraction of sp³-hybridized carbons (Fsp3) is 0.400. The maximum Gasteiger partial charge on any atom is 0.314 e. The summed E-state index contributed by atoms with van der Waals surface area (Å²) in [6, 6.07) is 2.61. The molecule has 0 amide bonds. The fourth-order valence-corrected chi connectivity index (χ4v) is 1.46. The number of benzene rings is 1. The lowest BCUT2D eigenvalue weighted by molar-refractivity contribution is -0.386. The van der Waals surface area contributed by atoms with E-state index in [2.05, 4.69) is 0 Å². The first-order chi connectivity index (χ1) is 8.04. The standard InChI is InChI=1S/C10H14N2O5/c1-17-9-3-6(7(4-11)5-13)2-8(10(9)14)12(15)16/h2-3,7,13-14H,4-5,11H2,1H3. The van der Waals surface area contributed by atoms with E-state index in [-0.39, 0.29) is 18.9 Å². The summed E-state index contributed by atoms with van der Waals surface area (Å²) >= 11 is 0. The molecule has 0 fully saturated rings. The molecular formula is C10H14N2O5. The van der Waals surface area contributed by atoms with Crippen LogP contribution in [0.5, 0.6) is 11.5 Å². The van der Waals surface area contributed by atoms with Gasteiger partial charge < -0.3 is 20.7 Å². The van der Waals surface area contributed by atoms with Gasteiger partial charge in [-0.15, -0.1) is 0 Å². The summed E-state index contributed by atoms with van der Waals surface area (Å²) < 4.78 is 4.84. The smallest absolute Gasteiger partial charge is 0.314 e. The minimum atomic E-state index is -0.716. The van der Waals surface area contributed by atoms with Gasteiger partial charge in [0.2, 0.25) is 5.75 Å². The number of aliphatic hydroxyl groups is 1. The summed E-state index contributed by atoms with van der Waals surface area (Å²) in [5.74, 6) is -0.973. The van der Waals surface area contributed by atoms with Gasteiger partial charge in [-0.25, -0.2) is 0 Å². The molecule has 0 radical (unpaired) electrons. The Balaban J connectivity index is 3.33. The van der Waals surface area contributed by atoms with E-state index in [1.807, 2.05) is 0 Å². The van der Waals surface area contributed by atoms with Gasteiger partial charge in [0.15, 0.2) is 5.75 Å². The van der Waals surface area contributed by atoms with Crippen LogP contribution in [0.3, 0.4) is 0 Å². The molecule has 0 aromatic heterocycles. The quantitative estimate of drug-likeness (QED) is 0.506. The number of rotatable bonds is 5. The SMILES string of the molecule is COc1cc(C(CN)CO)cc([N+](=O)[O-])c1O. The van der Waals surface area contributed by atoms with Gasteiger partial charge in [-0.3, -0.25) is 10.1 Å². The molecule has 1 rings (SSSR count). The van der Waals surface area contributed by atoms with Crippen molar-refractivity contribution in [1.82, 2.24) is 0 Å². The van der Waals surface area contributed by atoms with Crippen molar-refractivity contribution in [3.05, 3.63) is 27.8 Å². The van der Waals surface area contributed by atoms with E-state index >= 15 is 0 Å². The number of aliphatic hydroxyl groups excluding tert-OH is 1. The molecule has 17 heavy (non-hydrogen) atoms. The highest BCUT2D eigenvalue weighted by Gasteiger charge is 2.22. The van der Waals surface area contributed by atoms with Gasteiger partial charge in [0.25, 0.3) is 0 Å². The zero-order valence-corrected chi connectivity index (χ0v) is 9.29. The molecule has 0 saturated heterocycles. The molecule has 0 saturated carbocycles. The molecular weight excluding hydrogens is 228 g/mol. The van der Waals surface area contributed by atoms with Crippen LogP contribution in [0.1, 0.15) is 11.5 Å². The molecule has 0 aliphatic carbocycles. The van der Waals surface area contributed by atoms with Gasteiger partial charge in [0.1, 0.15) is 0 Å². The predicted molar refractivity (Wildman–Crippen MR) is 60.2 cm³/mol. The van der Waals surface area contributed by atoms with Gasteiger partial charge in [-0.1, -0.05) is 0 Å². The van der Waals surface area contributed by atoms with Gasteiger partial charge in [0, 0.05) is 18.5 Å². The third kappa shape index (κ3) is 2.63. The lowest BCUT2D eigenvalue weighted by atomic mass is 9.99. The molecule has 1 aromatic carbocycles. The van der Waals surface area contributed by atoms with E-state index < -0.39 is 22.3 Å². The third-order valence-corrected chi connectivity index (χ3v) is 2.47. The molecule has 7 nitrogen and oxygen atoms in total. The molecule has 0 bridgehead atoms. The Kier molecular flexibility index (Phi) is 4.24. The van der Waals surface area contributed by atoms with Gasteiger partial charge >= 0.3 is 5.69 Å². The Labute approximate surface area is 97.6 Å². The number of nitro benzene ring substituents is 1. The molecule has 0 aliphatic heterocycles. The van der Waals surface area contributed by atoms with Crippen molar-refractivity contribution in [3.8, 4) is 11.5 Å². The van der Waals surface area contributed by atoms with Crippen molar-refractivity contribution in [3.63, 3.8) is 0 Å². The number of nitrogens with two attached hydrogens (primary N) is 1. The first-order valence-corrected chi connectivity index (χ1v) is 4.91. The Morgan fingerprint density at radius 3 is 2.65 bits per heavy atom. The second kappa shape index (κ2) is 5.46. The minimum absolute atomic E-state index is 0.0129. The topological polar surface area (TPSA) is 119 Å². The molecule has 94 valence electrons. The van der Waals surface area contributed by atoms with Gasteiger partial charge in [-0.05, 0) is 11.6 Å². The van der Waals surface area contributed by atoms with Crippen molar-refractivity contribution in [2.24, 2.45) is 5.73 Å². The first kappa shape index (κ1) is 13.2. The number of phenolic OH excluding ortho intramolecular Hbond substituents is 1. The normalized spacial score (nSPS) is 12.2. The summed E-state index contributed by atoms with van der Waals surface area (Å²) in [7, 11) is 1.29. The fourth-order valence-electron chi connectivity index (χ4n) is 1.46. The number of hydrogen-bond acceptors (Lipinski definition) is 6. The highest BCUT2D eigenvalue weighted by atomic mass is 16.6. The van der Waals surface area contributed by atoms with Crippen molar-refractivity contribution in [2.45, 2.75) is 5.92 Å². The van der Waals surface area contributed by atoms with E-state index in [4.69, 9.17) is 15.6 Å². The predicted octanol–water partition coefficient (Wildman–Crippen LogP) is 0.344. The van der Waals surface area contributed by atoms with Crippen molar-refractivity contribution in [1.29, 1.82) is 0 Å². The third-order valence-electron chi connectivity index (χ3n) is 2.47. The summed E-state index contributed by atoms with van der Waals surface area (Å²) in [6.45, 7) is -0.0941. The summed E-state index contributed by atoms with van der Waals surface area (Å²) in [4.78, 5) is 10.0. The monoisotopic (exact) mass is 242 g/mol. The lowest BCUT2D eigenvalue weighted by Crippen LogP contribution is -2.16. The molecule has 1 atom stereocenters. The van der Waals surface area contributed by atoms with Crippen LogP contribution < -0.4 is 10.5 Å². The molecule has 0 aliphatic rings.